The Balaban J connectivity index is 1.70. The van der Waals surface area contributed by atoms with Gasteiger partial charge in [-0.05, 0) is 75.1 Å². The molecule has 1 unspecified atom stereocenters. The van der Waals surface area contributed by atoms with Gasteiger partial charge in [-0.3, -0.25) is 13.9 Å². The lowest BCUT2D eigenvalue weighted by molar-refractivity contribution is -0.141. The van der Waals surface area contributed by atoms with Crippen LogP contribution in [0.4, 0.5) is 5.69 Å². The van der Waals surface area contributed by atoms with E-state index in [-0.39, 0.29) is 37.4 Å². The fourth-order valence-electron chi connectivity index (χ4n) is 4.82. The Morgan fingerprint density at radius 2 is 1.69 bits per heavy atom. The van der Waals surface area contributed by atoms with Crippen LogP contribution >= 0.6 is 11.6 Å². The lowest BCUT2D eigenvalue weighted by atomic mass is 9.95. The van der Waals surface area contributed by atoms with E-state index in [4.69, 9.17) is 16.3 Å². The molecular weight excluding hydrogens is 538 g/mol. The van der Waals surface area contributed by atoms with E-state index in [2.05, 4.69) is 5.32 Å². The second-order valence-electron chi connectivity index (χ2n) is 10.0. The molecule has 0 heterocycles. The number of benzene rings is 2. The molecule has 0 spiro atoms. The molecule has 0 saturated heterocycles. The number of anilines is 1. The summed E-state index contributed by atoms with van der Waals surface area (Å²) in [4.78, 5) is 28.2. The quantitative estimate of drug-likeness (QED) is 0.355. The lowest BCUT2D eigenvalue weighted by Crippen LogP contribution is -2.50. The number of hydrogen-bond acceptors (Lipinski definition) is 5. The van der Waals surface area contributed by atoms with E-state index in [0.717, 1.165) is 37.5 Å². The molecule has 39 heavy (non-hydrogen) atoms. The molecule has 1 atom stereocenters. The first kappa shape index (κ1) is 30.8. The third-order valence-electron chi connectivity index (χ3n) is 6.97. The molecule has 0 aromatic heterocycles. The molecule has 2 amide bonds. The largest absolute Gasteiger partial charge is 0.494 e. The normalized spacial score (nSPS) is 14.9. The van der Waals surface area contributed by atoms with E-state index in [1.54, 1.807) is 48.2 Å². The standard InChI is InChI=1S/C29H40ClN3O5S/c1-4-38-27-18-16-26(17-19-27)33(39(3,36)37)20-8-11-28(34)32(21-23-12-14-24(30)15-13-23)22(2)29(35)31-25-9-6-5-7-10-25/h12-19,22,25H,4-11,20-21H2,1-3H3,(H,31,35). The molecule has 1 aliphatic rings. The van der Waals surface area contributed by atoms with Gasteiger partial charge in [-0.2, -0.15) is 0 Å². The predicted octanol–water partition coefficient (Wildman–Crippen LogP) is 5.15. The second-order valence-corrected chi connectivity index (χ2v) is 12.4. The number of sulfonamides is 1. The summed E-state index contributed by atoms with van der Waals surface area (Å²) in [5.41, 5.74) is 1.36. The smallest absolute Gasteiger partial charge is 0.242 e. The van der Waals surface area contributed by atoms with Crippen molar-refractivity contribution in [2.45, 2.75) is 77.4 Å². The van der Waals surface area contributed by atoms with Crippen LogP contribution in [0.15, 0.2) is 48.5 Å². The van der Waals surface area contributed by atoms with Crippen molar-refractivity contribution in [3.05, 3.63) is 59.1 Å². The summed E-state index contributed by atoms with van der Waals surface area (Å²) in [7, 11) is -3.57. The van der Waals surface area contributed by atoms with Gasteiger partial charge in [-0.1, -0.05) is 43.0 Å². The number of hydrogen-bond donors (Lipinski definition) is 1. The highest BCUT2D eigenvalue weighted by atomic mass is 35.5. The van der Waals surface area contributed by atoms with Crippen molar-refractivity contribution in [3.63, 3.8) is 0 Å². The predicted molar refractivity (Wildman–Crippen MR) is 156 cm³/mol. The van der Waals surface area contributed by atoms with Crippen molar-refractivity contribution in [2.75, 3.05) is 23.7 Å². The van der Waals surface area contributed by atoms with E-state index in [1.165, 1.54) is 10.7 Å². The maximum Gasteiger partial charge on any atom is 0.242 e. The van der Waals surface area contributed by atoms with Gasteiger partial charge in [-0.25, -0.2) is 8.42 Å². The first-order valence-electron chi connectivity index (χ1n) is 13.6. The fourth-order valence-corrected chi connectivity index (χ4v) is 5.91. The number of ether oxygens (including phenoxy) is 1. The molecule has 1 aliphatic carbocycles. The Morgan fingerprint density at radius 1 is 1.05 bits per heavy atom. The van der Waals surface area contributed by atoms with Crippen LogP contribution in [-0.2, 0) is 26.2 Å². The van der Waals surface area contributed by atoms with Gasteiger partial charge in [0.2, 0.25) is 21.8 Å². The van der Waals surface area contributed by atoms with Crippen LogP contribution in [0.25, 0.3) is 0 Å². The number of carbonyl (C=O) groups is 2. The minimum absolute atomic E-state index is 0.0949. The number of nitrogens with zero attached hydrogens (tertiary/aromatic N) is 2. The molecule has 1 fully saturated rings. The Bertz CT molecular complexity index is 1180. The highest BCUT2D eigenvalue weighted by Crippen LogP contribution is 2.23. The molecule has 2 aromatic rings. The first-order chi connectivity index (χ1) is 18.6. The number of halogens is 1. The Morgan fingerprint density at radius 3 is 2.28 bits per heavy atom. The number of carbonyl (C=O) groups excluding carboxylic acids is 2. The molecule has 214 valence electrons. The van der Waals surface area contributed by atoms with Crippen LogP contribution in [0, 0.1) is 0 Å². The highest BCUT2D eigenvalue weighted by Gasteiger charge is 2.28. The summed E-state index contributed by atoms with van der Waals surface area (Å²) in [6.45, 7) is 4.53. The van der Waals surface area contributed by atoms with Crippen molar-refractivity contribution in [1.82, 2.24) is 10.2 Å². The molecule has 0 aliphatic heterocycles. The van der Waals surface area contributed by atoms with Crippen LogP contribution in [0.3, 0.4) is 0 Å². The van der Waals surface area contributed by atoms with Crippen molar-refractivity contribution >= 4 is 39.1 Å². The Kier molecular flexibility index (Phi) is 11.5. The average Bonchev–Trinajstić information content (AvgIpc) is 2.91. The van der Waals surface area contributed by atoms with Crippen LogP contribution in [-0.4, -0.2) is 56.6 Å². The summed E-state index contributed by atoms with van der Waals surface area (Å²) < 4.78 is 31.8. The zero-order valence-electron chi connectivity index (χ0n) is 23.1. The van der Waals surface area contributed by atoms with Crippen molar-refractivity contribution < 1.29 is 22.7 Å². The molecule has 8 nitrogen and oxygen atoms in total. The molecule has 1 saturated carbocycles. The summed E-state index contributed by atoms with van der Waals surface area (Å²) in [6, 6.07) is 13.5. The Hall–Kier alpha value is -2.78. The van der Waals surface area contributed by atoms with Crippen molar-refractivity contribution in [2.24, 2.45) is 0 Å². The average molecular weight is 578 g/mol. The van der Waals surface area contributed by atoms with Crippen LogP contribution < -0.4 is 14.4 Å². The minimum atomic E-state index is -3.57. The maximum atomic E-state index is 13.5. The lowest BCUT2D eigenvalue weighted by Gasteiger charge is -2.31. The molecule has 3 rings (SSSR count). The van der Waals surface area contributed by atoms with Gasteiger partial charge in [-0.15, -0.1) is 0 Å². The SMILES string of the molecule is CCOc1ccc(N(CCCC(=O)N(Cc2ccc(Cl)cc2)C(C)C(=O)NC2CCCCC2)S(C)(=O)=O)cc1. The van der Waals surface area contributed by atoms with E-state index in [1.807, 2.05) is 19.1 Å². The molecule has 0 radical (unpaired) electrons. The van der Waals surface area contributed by atoms with Crippen LogP contribution in [0.5, 0.6) is 5.75 Å². The summed E-state index contributed by atoms with van der Waals surface area (Å²) in [5.74, 6) is 0.274. The zero-order valence-corrected chi connectivity index (χ0v) is 24.6. The molecule has 0 bridgehead atoms. The van der Waals surface area contributed by atoms with E-state index >= 15 is 0 Å². The fraction of sp³-hybridized carbons (Fsp3) is 0.517. The first-order valence-corrected chi connectivity index (χ1v) is 15.9. The molecular formula is C29H40ClN3O5S. The summed E-state index contributed by atoms with van der Waals surface area (Å²) >= 11 is 6.04. The van der Waals surface area contributed by atoms with Gasteiger partial charge in [0.1, 0.15) is 11.8 Å². The van der Waals surface area contributed by atoms with Crippen molar-refractivity contribution in [1.29, 1.82) is 0 Å². The maximum absolute atomic E-state index is 13.5. The van der Waals surface area contributed by atoms with Gasteiger partial charge in [0.05, 0.1) is 18.6 Å². The van der Waals surface area contributed by atoms with E-state index in [9.17, 15) is 18.0 Å². The van der Waals surface area contributed by atoms with Gasteiger partial charge >= 0.3 is 0 Å². The monoisotopic (exact) mass is 577 g/mol. The number of rotatable bonds is 13. The van der Waals surface area contributed by atoms with Gasteiger partial charge in [0.15, 0.2) is 0 Å². The second kappa shape index (κ2) is 14.6. The van der Waals surface area contributed by atoms with Crippen LogP contribution in [0.1, 0.15) is 64.4 Å². The Labute approximate surface area is 237 Å². The third kappa shape index (κ3) is 9.42. The number of amides is 2. The van der Waals surface area contributed by atoms with E-state index in [0.29, 0.717) is 29.5 Å². The molecule has 10 heteroatoms. The minimum Gasteiger partial charge on any atom is -0.494 e. The zero-order chi connectivity index (χ0) is 28.4. The molecule has 1 N–H and O–H groups in total. The number of nitrogens with one attached hydrogen (secondary N) is 1. The van der Waals surface area contributed by atoms with Gasteiger partial charge in [0, 0.05) is 30.6 Å². The van der Waals surface area contributed by atoms with E-state index < -0.39 is 16.1 Å². The third-order valence-corrected chi connectivity index (χ3v) is 8.42. The van der Waals surface area contributed by atoms with Gasteiger partial charge < -0.3 is 15.0 Å². The van der Waals surface area contributed by atoms with Crippen LogP contribution in [0.2, 0.25) is 5.02 Å². The highest BCUT2D eigenvalue weighted by molar-refractivity contribution is 7.92. The molecule has 2 aromatic carbocycles. The topological polar surface area (TPSA) is 96.0 Å². The summed E-state index contributed by atoms with van der Waals surface area (Å²) in [6.07, 6.45) is 6.83. The summed E-state index contributed by atoms with van der Waals surface area (Å²) in [5, 5.41) is 3.72. The van der Waals surface area contributed by atoms with Crippen molar-refractivity contribution in [3.8, 4) is 5.75 Å². The van der Waals surface area contributed by atoms with Gasteiger partial charge in [0.25, 0.3) is 0 Å².